The van der Waals surface area contributed by atoms with Crippen LogP contribution in [-0.2, 0) is 14.2 Å². The molecule has 0 saturated carbocycles. The molecule has 4 rings (SSSR count). The molecule has 3 fully saturated rings. The van der Waals surface area contributed by atoms with E-state index in [1.54, 1.807) is 0 Å². The van der Waals surface area contributed by atoms with Crippen molar-refractivity contribution in [1.82, 2.24) is 0 Å². The highest BCUT2D eigenvalue weighted by Crippen LogP contribution is 2.33. The van der Waals surface area contributed by atoms with Gasteiger partial charge in [-0.25, -0.2) is 13.2 Å². The maximum atomic E-state index is 13.4. The Hall–Kier alpha value is -0.590. The van der Waals surface area contributed by atoms with Crippen LogP contribution in [0, 0.1) is 53.3 Å². The maximum Gasteiger partial charge on any atom is 0.110 e. The van der Waals surface area contributed by atoms with Crippen LogP contribution in [0.15, 0.2) is 12.2 Å². The van der Waals surface area contributed by atoms with E-state index in [1.807, 2.05) is 61.5 Å². The first-order valence-corrected chi connectivity index (χ1v) is 17.7. The average molecular weight is 619 g/mol. The van der Waals surface area contributed by atoms with Gasteiger partial charge in [-0.05, 0) is 55.8 Å². The molecule has 4 aliphatic rings. The monoisotopic (exact) mass is 619 g/mol. The highest BCUT2D eigenvalue weighted by molar-refractivity contribution is 5.03. The normalized spacial score (nSPS) is 44.5. The Morgan fingerprint density at radius 2 is 0.953 bits per heavy atom. The van der Waals surface area contributed by atoms with Crippen molar-refractivity contribution in [1.29, 1.82) is 0 Å². The molecule has 3 heterocycles. The second-order valence-electron chi connectivity index (χ2n) is 14.3. The van der Waals surface area contributed by atoms with Gasteiger partial charge in [0.15, 0.2) is 0 Å². The first kappa shape index (κ1) is 40.4. The van der Waals surface area contributed by atoms with E-state index >= 15 is 0 Å². The van der Waals surface area contributed by atoms with Crippen molar-refractivity contribution in [3.63, 3.8) is 0 Å². The molecular formula is C37H69F3O3. The van der Waals surface area contributed by atoms with Gasteiger partial charge in [0.2, 0.25) is 0 Å². The summed E-state index contributed by atoms with van der Waals surface area (Å²) in [5.74, 6) is 2.63. The number of allylic oxidation sites excluding steroid dienone is 2. The zero-order valence-corrected chi connectivity index (χ0v) is 29.8. The molecule has 0 aromatic rings. The largest absolute Gasteiger partial charge is 0.378 e. The van der Waals surface area contributed by atoms with Crippen LogP contribution in [0.3, 0.4) is 0 Å². The summed E-state index contributed by atoms with van der Waals surface area (Å²) in [5.41, 5.74) is 0. The van der Waals surface area contributed by atoms with Crippen molar-refractivity contribution in [3.05, 3.63) is 12.2 Å². The third-order valence-corrected chi connectivity index (χ3v) is 10.4. The topological polar surface area (TPSA) is 27.7 Å². The van der Waals surface area contributed by atoms with Crippen LogP contribution in [0.1, 0.15) is 115 Å². The molecule has 0 aromatic carbocycles. The molecule has 3 nitrogen and oxygen atoms in total. The Kier molecular flexibility index (Phi) is 19.3. The lowest BCUT2D eigenvalue weighted by atomic mass is 9.78. The van der Waals surface area contributed by atoms with Gasteiger partial charge >= 0.3 is 0 Å². The van der Waals surface area contributed by atoms with E-state index in [-0.39, 0.29) is 47.7 Å². The smallest absolute Gasteiger partial charge is 0.110 e. The summed E-state index contributed by atoms with van der Waals surface area (Å²) in [4.78, 5) is 0. The van der Waals surface area contributed by atoms with Gasteiger partial charge in [0.05, 0.1) is 31.5 Å². The molecule has 256 valence electrons. The van der Waals surface area contributed by atoms with E-state index in [4.69, 9.17) is 14.2 Å². The number of rotatable bonds is 4. The summed E-state index contributed by atoms with van der Waals surface area (Å²) in [7, 11) is 0. The van der Waals surface area contributed by atoms with Gasteiger partial charge in [-0.15, -0.1) is 0 Å². The van der Waals surface area contributed by atoms with Gasteiger partial charge in [-0.1, -0.05) is 95.2 Å². The highest BCUT2D eigenvalue weighted by atomic mass is 19.1. The molecule has 1 aliphatic carbocycles. The van der Waals surface area contributed by atoms with E-state index < -0.39 is 18.5 Å². The third kappa shape index (κ3) is 12.6. The minimum Gasteiger partial charge on any atom is -0.378 e. The minimum absolute atomic E-state index is 0.0729. The van der Waals surface area contributed by atoms with Gasteiger partial charge in [0, 0.05) is 36.2 Å². The summed E-state index contributed by atoms with van der Waals surface area (Å²) < 4.78 is 56.6. The SMILES string of the molecule is CC[C@H]1C=C[C@@H](C)[C@H](F)[C@@H]1C.CC[C@H]1OC[C@@H](C)C[C@@H]1C.CC[C@H]1OC[C@@H](C)[C@@H](F)[C@@H]1C.CC[C@H]1OC[C@@H](C)[C@H](F)[C@@H]1C. The van der Waals surface area contributed by atoms with Crippen molar-refractivity contribution in [2.75, 3.05) is 19.8 Å². The van der Waals surface area contributed by atoms with E-state index in [0.717, 1.165) is 37.7 Å². The Balaban J connectivity index is 0.000000287. The molecule has 6 heteroatoms. The van der Waals surface area contributed by atoms with Crippen molar-refractivity contribution < 1.29 is 27.4 Å². The first-order valence-electron chi connectivity index (χ1n) is 17.7. The van der Waals surface area contributed by atoms with Crippen LogP contribution in [0.2, 0.25) is 0 Å². The highest BCUT2D eigenvalue weighted by Gasteiger charge is 2.35. The second-order valence-corrected chi connectivity index (χ2v) is 14.3. The van der Waals surface area contributed by atoms with Gasteiger partial charge in [0.25, 0.3) is 0 Å². The molecule has 0 amide bonds. The predicted octanol–water partition coefficient (Wildman–Crippen LogP) is 10.5. The van der Waals surface area contributed by atoms with Crippen LogP contribution >= 0.6 is 0 Å². The lowest BCUT2D eigenvalue weighted by Crippen LogP contribution is -2.40. The quantitative estimate of drug-likeness (QED) is 0.293. The van der Waals surface area contributed by atoms with Gasteiger partial charge in [0.1, 0.15) is 18.5 Å². The fraction of sp³-hybridized carbons (Fsp3) is 0.946. The molecule has 3 aliphatic heterocycles. The molecule has 0 spiro atoms. The van der Waals surface area contributed by atoms with Gasteiger partial charge in [-0.3, -0.25) is 0 Å². The van der Waals surface area contributed by atoms with Gasteiger partial charge in [-0.2, -0.15) is 0 Å². The maximum absolute atomic E-state index is 13.4. The lowest BCUT2D eigenvalue weighted by molar-refractivity contribution is -0.0908. The average Bonchev–Trinajstić information content (AvgIpc) is 2.99. The number of hydrogen-bond acceptors (Lipinski definition) is 3. The molecule has 43 heavy (non-hydrogen) atoms. The van der Waals surface area contributed by atoms with E-state index in [2.05, 4.69) is 33.8 Å². The lowest BCUT2D eigenvalue weighted by Gasteiger charge is -2.35. The third-order valence-electron chi connectivity index (χ3n) is 10.4. The Labute approximate surface area is 264 Å². The van der Waals surface area contributed by atoms with Crippen LogP contribution in [0.5, 0.6) is 0 Å². The van der Waals surface area contributed by atoms with Crippen molar-refractivity contribution >= 4 is 0 Å². The fourth-order valence-corrected chi connectivity index (χ4v) is 7.11. The summed E-state index contributed by atoms with van der Waals surface area (Å²) in [6.45, 7) is 26.8. The van der Waals surface area contributed by atoms with Crippen LogP contribution < -0.4 is 0 Å². The van der Waals surface area contributed by atoms with E-state index in [1.165, 1.54) is 12.8 Å². The van der Waals surface area contributed by atoms with Crippen LogP contribution in [-0.4, -0.2) is 56.6 Å². The van der Waals surface area contributed by atoms with E-state index in [0.29, 0.717) is 25.2 Å². The first-order chi connectivity index (χ1) is 20.2. The van der Waals surface area contributed by atoms with Crippen LogP contribution in [0.4, 0.5) is 13.2 Å². The molecule has 0 radical (unpaired) electrons. The van der Waals surface area contributed by atoms with Crippen molar-refractivity contribution in [2.45, 2.75) is 152 Å². The zero-order chi connectivity index (χ0) is 32.9. The summed E-state index contributed by atoms with van der Waals surface area (Å²) in [6, 6.07) is 0. The number of alkyl halides is 3. The van der Waals surface area contributed by atoms with E-state index in [9.17, 15) is 13.2 Å². The Morgan fingerprint density at radius 1 is 0.512 bits per heavy atom. The summed E-state index contributed by atoms with van der Waals surface area (Å²) >= 11 is 0. The second kappa shape index (κ2) is 20.5. The van der Waals surface area contributed by atoms with Gasteiger partial charge < -0.3 is 14.2 Å². The zero-order valence-electron chi connectivity index (χ0n) is 29.8. The molecule has 0 aromatic heterocycles. The van der Waals surface area contributed by atoms with Crippen molar-refractivity contribution in [3.8, 4) is 0 Å². The molecule has 3 saturated heterocycles. The number of hydrogen-bond donors (Lipinski definition) is 0. The summed E-state index contributed by atoms with van der Waals surface area (Å²) in [6.07, 6.45) is 8.45. The van der Waals surface area contributed by atoms with Crippen LogP contribution in [0.25, 0.3) is 0 Å². The summed E-state index contributed by atoms with van der Waals surface area (Å²) in [5, 5.41) is 0. The molecule has 15 atom stereocenters. The molecule has 0 N–H and O–H groups in total. The number of ether oxygens (including phenoxy) is 3. The minimum atomic E-state index is -0.673. The fourth-order valence-electron chi connectivity index (χ4n) is 7.11. The van der Waals surface area contributed by atoms with Crippen molar-refractivity contribution in [2.24, 2.45) is 53.3 Å². The standard InChI is InChI=1S/C10H17F.2C9H17FO.C9H18O/c1-4-9-6-5-7(2)10(11)8(9)3;2*1-4-8-7(3)9(10)6(2)5-11-8;1-4-9-8(3)5-7(2)6-10-9/h5-10H,4H2,1-3H3;2*6-9H,4-5H2,1-3H3;7-9H,4-6H2,1-3H3/t7-,8-,9+,10+;6-,7-,8-,9+;6-,7-,8-,9-;7-,8-,9+/m1110/s1. The molecule has 0 unspecified atom stereocenters. The molecule has 0 bridgehead atoms. The predicted molar refractivity (Wildman–Crippen MR) is 176 cm³/mol. The molecular weight excluding hydrogens is 549 g/mol. The Morgan fingerprint density at radius 3 is 1.35 bits per heavy atom. The Bertz CT molecular complexity index is 717. The number of halogens is 3.